The van der Waals surface area contributed by atoms with Crippen LogP contribution in [-0.4, -0.2) is 51.4 Å². The topological polar surface area (TPSA) is 95.5 Å². The minimum Gasteiger partial charge on any atom is -0.492 e. The second-order valence-electron chi connectivity index (χ2n) is 9.62. The van der Waals surface area contributed by atoms with Crippen molar-refractivity contribution in [1.82, 2.24) is 15.1 Å². The molecule has 36 heavy (non-hydrogen) atoms. The summed E-state index contributed by atoms with van der Waals surface area (Å²) < 4.78 is 5.87. The van der Waals surface area contributed by atoms with Crippen LogP contribution < -0.4 is 10.3 Å². The lowest BCUT2D eigenvalue weighted by atomic mass is 9.89. The van der Waals surface area contributed by atoms with E-state index in [0.717, 1.165) is 54.3 Å². The monoisotopic (exact) mass is 491 g/mol. The van der Waals surface area contributed by atoms with Crippen molar-refractivity contribution in [2.24, 2.45) is 5.92 Å². The van der Waals surface area contributed by atoms with E-state index in [-0.39, 0.29) is 18.9 Å². The van der Waals surface area contributed by atoms with Gasteiger partial charge in [-0.1, -0.05) is 45.5 Å². The Kier molecular flexibility index (Phi) is 7.50. The smallest absolute Gasteiger partial charge is 0.272 e. The van der Waals surface area contributed by atoms with E-state index in [2.05, 4.69) is 16.3 Å². The fourth-order valence-corrected chi connectivity index (χ4v) is 5.46. The van der Waals surface area contributed by atoms with E-state index in [9.17, 15) is 14.7 Å². The van der Waals surface area contributed by atoms with Crippen LogP contribution in [-0.2, 0) is 12.8 Å². The average Bonchev–Trinajstić information content (AvgIpc) is 3.48. The van der Waals surface area contributed by atoms with E-state index in [0.29, 0.717) is 48.7 Å². The van der Waals surface area contributed by atoms with Crippen molar-refractivity contribution >= 4 is 16.7 Å². The van der Waals surface area contributed by atoms with Crippen molar-refractivity contribution in [3.63, 3.8) is 0 Å². The zero-order valence-corrected chi connectivity index (χ0v) is 20.5. The van der Waals surface area contributed by atoms with Crippen LogP contribution in [0, 0.1) is 5.92 Å². The van der Waals surface area contributed by atoms with E-state index in [1.54, 1.807) is 6.07 Å². The Morgan fingerprint density at radius 2 is 1.86 bits per heavy atom. The highest BCUT2D eigenvalue weighted by Crippen LogP contribution is 2.46. The van der Waals surface area contributed by atoms with E-state index in [1.807, 2.05) is 43.0 Å². The van der Waals surface area contributed by atoms with Gasteiger partial charge in [0.2, 0.25) is 0 Å². The first kappa shape index (κ1) is 25.9. The van der Waals surface area contributed by atoms with Crippen LogP contribution in [0.25, 0.3) is 10.8 Å². The number of carbonyl (C=O) groups is 1. The summed E-state index contributed by atoms with van der Waals surface area (Å²) in [6, 6.07) is 11.5. The predicted octanol–water partition coefficient (Wildman–Crippen LogP) is 4.49. The number of likely N-dealkylation sites (tertiary alicyclic amines) is 1. The molecule has 0 radical (unpaired) electrons. The minimum atomic E-state index is -0.480. The molecule has 7 heteroatoms. The van der Waals surface area contributed by atoms with Gasteiger partial charge >= 0.3 is 0 Å². The van der Waals surface area contributed by atoms with Gasteiger partial charge in [-0.05, 0) is 54.9 Å². The van der Waals surface area contributed by atoms with E-state index >= 15 is 0 Å². The summed E-state index contributed by atoms with van der Waals surface area (Å²) in [5.74, 6) is 0.996. The van der Waals surface area contributed by atoms with Crippen LogP contribution in [0.15, 0.2) is 41.2 Å². The first-order chi connectivity index (χ1) is 17.0. The summed E-state index contributed by atoms with van der Waals surface area (Å²) in [5, 5.41) is 18.8. The molecule has 7 nitrogen and oxygen atoms in total. The molecule has 2 aromatic carbocycles. The zero-order valence-electron chi connectivity index (χ0n) is 20.5. The summed E-state index contributed by atoms with van der Waals surface area (Å²) in [7, 11) is 0. The molecule has 1 saturated carbocycles. The van der Waals surface area contributed by atoms with Crippen LogP contribution in [0.1, 0.15) is 74.1 Å². The first-order valence-corrected chi connectivity index (χ1v) is 12.8. The van der Waals surface area contributed by atoms with Gasteiger partial charge in [0, 0.05) is 31.3 Å². The predicted molar refractivity (Wildman–Crippen MR) is 142 cm³/mol. The van der Waals surface area contributed by atoms with Gasteiger partial charge in [0.1, 0.15) is 5.75 Å². The summed E-state index contributed by atoms with van der Waals surface area (Å²) in [5.41, 5.74) is 2.73. The minimum absolute atomic E-state index is 0. The lowest BCUT2D eigenvalue weighted by Crippen LogP contribution is -2.42. The largest absolute Gasteiger partial charge is 0.492 e. The van der Waals surface area contributed by atoms with Gasteiger partial charge in [-0.15, -0.1) is 0 Å². The third kappa shape index (κ3) is 4.76. The molecule has 1 aromatic heterocycles. The molecule has 3 aromatic rings. The molecule has 6 rings (SSSR count). The molecule has 0 bridgehead atoms. The van der Waals surface area contributed by atoms with Crippen LogP contribution in [0.4, 0.5) is 0 Å². The molecule has 0 unspecified atom stereocenters. The number of aromatic amines is 1. The molecule has 3 heterocycles. The number of nitrogens with one attached hydrogen (secondary N) is 1. The lowest BCUT2D eigenvalue weighted by Gasteiger charge is -2.34. The van der Waals surface area contributed by atoms with E-state index in [1.165, 1.54) is 0 Å². The molecular weight excluding hydrogens is 454 g/mol. The molecule has 1 saturated heterocycles. The van der Waals surface area contributed by atoms with Gasteiger partial charge in [0.15, 0.2) is 0 Å². The van der Waals surface area contributed by atoms with Crippen molar-refractivity contribution in [2.75, 3.05) is 19.7 Å². The summed E-state index contributed by atoms with van der Waals surface area (Å²) in [6.45, 7) is 5.90. The van der Waals surface area contributed by atoms with Gasteiger partial charge in [-0.2, -0.15) is 5.10 Å². The Hall–Kier alpha value is -3.19. The molecule has 1 amide bonds. The van der Waals surface area contributed by atoms with Crippen LogP contribution in [0.2, 0.25) is 0 Å². The zero-order chi connectivity index (χ0) is 24.6. The number of carbonyl (C=O) groups excluding carboxylic acids is 1. The van der Waals surface area contributed by atoms with E-state index < -0.39 is 5.60 Å². The molecule has 0 spiro atoms. The number of rotatable bonds is 4. The molecular formula is C29H37N3O4. The number of amides is 1. The van der Waals surface area contributed by atoms with Crippen molar-refractivity contribution in [3.8, 4) is 5.75 Å². The number of aliphatic hydroxyl groups is 1. The summed E-state index contributed by atoms with van der Waals surface area (Å²) in [6.07, 6.45) is 4.76. The van der Waals surface area contributed by atoms with Gasteiger partial charge in [-0.3, -0.25) is 9.59 Å². The Morgan fingerprint density at radius 3 is 2.56 bits per heavy atom. The number of nitrogens with zero attached hydrogens (tertiary/aromatic N) is 2. The number of ether oxygens (including phenoxy) is 1. The number of H-pyrrole nitrogens is 1. The van der Waals surface area contributed by atoms with Crippen molar-refractivity contribution in [3.05, 3.63) is 69.1 Å². The Morgan fingerprint density at radius 1 is 1.17 bits per heavy atom. The molecule has 2 aliphatic heterocycles. The molecule has 2 N–H and O–H groups in total. The highest BCUT2D eigenvalue weighted by molar-refractivity contribution is 5.98. The Bertz CT molecular complexity index is 1300. The van der Waals surface area contributed by atoms with Gasteiger partial charge < -0.3 is 14.7 Å². The molecule has 192 valence electrons. The number of fused-ring (bicyclic) bond motifs is 2. The maximum Gasteiger partial charge on any atom is 0.272 e. The fourth-order valence-electron chi connectivity index (χ4n) is 5.46. The summed E-state index contributed by atoms with van der Waals surface area (Å²) >= 11 is 0. The van der Waals surface area contributed by atoms with Crippen molar-refractivity contribution in [1.29, 1.82) is 0 Å². The molecule has 0 atom stereocenters. The number of hydrogen-bond donors (Lipinski definition) is 2. The van der Waals surface area contributed by atoms with Crippen LogP contribution >= 0.6 is 0 Å². The number of benzene rings is 2. The first-order valence-electron chi connectivity index (χ1n) is 12.8. The Labute approximate surface area is 212 Å². The maximum atomic E-state index is 13.5. The highest BCUT2D eigenvalue weighted by atomic mass is 16.5. The standard InChI is InChI=1S/C26H27N3O4.C2H6.CH4/c30-24-20-4-2-1-3-19(20)22(27-28-24)15-16-13-17-7-12-33-23(17)21(14-16)25(31)29-10-5-18(6-11-29)26(32)8-9-26;1-2;/h1-4,13-14,18,32H,5-12,15H2,(H,28,30);1-2H3;1H4. The highest BCUT2D eigenvalue weighted by Gasteiger charge is 2.48. The third-order valence-electron chi connectivity index (χ3n) is 7.52. The van der Waals surface area contributed by atoms with Crippen LogP contribution in [0.3, 0.4) is 0 Å². The van der Waals surface area contributed by atoms with Crippen LogP contribution in [0.5, 0.6) is 5.75 Å². The molecule has 1 aliphatic carbocycles. The quantitative estimate of drug-likeness (QED) is 0.561. The average molecular weight is 492 g/mol. The normalized spacial score (nSPS) is 17.9. The SMILES string of the molecule is C.CC.O=C(c1cc(Cc2n[nH]c(=O)c3ccccc23)cc2c1OCC2)N1CCC(C2(O)CC2)CC1. The van der Waals surface area contributed by atoms with E-state index in [4.69, 9.17) is 4.74 Å². The number of hydrogen-bond acceptors (Lipinski definition) is 5. The maximum absolute atomic E-state index is 13.5. The Balaban J connectivity index is 0.000000990. The molecule has 2 fully saturated rings. The third-order valence-corrected chi connectivity index (χ3v) is 7.52. The number of aromatic nitrogens is 2. The molecule has 3 aliphatic rings. The second-order valence-corrected chi connectivity index (χ2v) is 9.62. The van der Waals surface area contributed by atoms with Gasteiger partial charge in [0.25, 0.3) is 11.5 Å². The van der Waals surface area contributed by atoms with Crippen molar-refractivity contribution in [2.45, 2.75) is 65.4 Å². The van der Waals surface area contributed by atoms with Gasteiger partial charge in [-0.25, -0.2) is 5.10 Å². The van der Waals surface area contributed by atoms with Crippen molar-refractivity contribution < 1.29 is 14.6 Å². The number of piperidine rings is 1. The summed E-state index contributed by atoms with van der Waals surface area (Å²) in [4.78, 5) is 27.6. The fraction of sp³-hybridized carbons (Fsp3) is 0.483. The van der Waals surface area contributed by atoms with Gasteiger partial charge in [0.05, 0.1) is 28.9 Å². The lowest BCUT2D eigenvalue weighted by molar-refractivity contribution is 0.0339. The second kappa shape index (κ2) is 10.4.